The van der Waals surface area contributed by atoms with E-state index in [1.165, 1.54) is 18.2 Å². The molecule has 0 radical (unpaired) electrons. The summed E-state index contributed by atoms with van der Waals surface area (Å²) in [5, 5.41) is 2.56. The van der Waals surface area contributed by atoms with Crippen LogP contribution in [0, 0.1) is 5.82 Å². The number of nitrogens with one attached hydrogen (secondary N) is 2. The molecular weight excluding hydrogens is 290 g/mol. The Hall–Kier alpha value is -0.400. The van der Waals surface area contributed by atoms with E-state index in [9.17, 15) is 12.8 Å². The minimum atomic E-state index is -3.84. The third-order valence-corrected chi connectivity index (χ3v) is 3.64. The first-order valence-corrected chi connectivity index (χ1v) is 6.43. The highest BCUT2D eigenvalue weighted by Gasteiger charge is 2.19. The van der Waals surface area contributed by atoms with Crippen LogP contribution >= 0.6 is 24.0 Å². The van der Waals surface area contributed by atoms with Crippen molar-refractivity contribution in [2.75, 3.05) is 20.1 Å². The molecule has 1 aromatic rings. The summed E-state index contributed by atoms with van der Waals surface area (Å²) in [5.41, 5.74) is 0. The fourth-order valence-electron chi connectivity index (χ4n) is 1.08. The molecule has 1 rings (SSSR count). The zero-order chi connectivity index (χ0) is 12.2. The molecular formula is C9H13Cl2FN2O2S. The van der Waals surface area contributed by atoms with Gasteiger partial charge in [0, 0.05) is 13.1 Å². The molecule has 0 aromatic heterocycles. The third kappa shape index (κ3) is 4.40. The lowest BCUT2D eigenvalue weighted by molar-refractivity contribution is 0.556. The van der Waals surface area contributed by atoms with Crippen molar-refractivity contribution < 1.29 is 12.8 Å². The Morgan fingerprint density at radius 3 is 2.59 bits per heavy atom. The van der Waals surface area contributed by atoms with Crippen molar-refractivity contribution in [2.24, 2.45) is 0 Å². The number of hydrogen-bond acceptors (Lipinski definition) is 3. The van der Waals surface area contributed by atoms with Gasteiger partial charge in [-0.1, -0.05) is 17.7 Å². The van der Waals surface area contributed by atoms with Gasteiger partial charge in [0.25, 0.3) is 0 Å². The molecule has 0 fully saturated rings. The Bertz CT molecular complexity index is 468. The Labute approximate surface area is 111 Å². The van der Waals surface area contributed by atoms with Crippen molar-refractivity contribution in [3.05, 3.63) is 29.0 Å². The molecule has 0 bridgehead atoms. The average molecular weight is 303 g/mol. The molecule has 0 atom stereocenters. The molecule has 8 heteroatoms. The molecule has 0 spiro atoms. The summed E-state index contributed by atoms with van der Waals surface area (Å²) in [5.74, 6) is -0.930. The summed E-state index contributed by atoms with van der Waals surface area (Å²) in [4.78, 5) is -0.434. The predicted octanol–water partition coefficient (Wildman–Crippen LogP) is 1.40. The van der Waals surface area contributed by atoms with Gasteiger partial charge >= 0.3 is 0 Å². The second-order valence-corrected chi connectivity index (χ2v) is 5.20. The molecule has 98 valence electrons. The smallest absolute Gasteiger partial charge is 0.243 e. The maximum Gasteiger partial charge on any atom is 0.243 e. The summed E-state index contributed by atoms with van der Waals surface area (Å²) < 4.78 is 39.0. The predicted molar refractivity (Wildman–Crippen MR) is 67.8 cm³/mol. The highest BCUT2D eigenvalue weighted by molar-refractivity contribution is 7.89. The van der Waals surface area contributed by atoms with Gasteiger partial charge in [-0.05, 0) is 19.2 Å². The van der Waals surface area contributed by atoms with Crippen LogP contribution in [0.1, 0.15) is 0 Å². The fourth-order valence-corrected chi connectivity index (χ4v) is 2.44. The molecule has 0 aliphatic carbocycles. The second kappa shape index (κ2) is 7.13. The maximum absolute atomic E-state index is 13.4. The number of rotatable bonds is 5. The van der Waals surface area contributed by atoms with Crippen molar-refractivity contribution in [1.82, 2.24) is 10.0 Å². The van der Waals surface area contributed by atoms with E-state index in [1.807, 2.05) is 0 Å². The molecule has 4 nitrogen and oxygen atoms in total. The lowest BCUT2D eigenvalue weighted by atomic mass is 10.3. The molecule has 0 saturated heterocycles. The van der Waals surface area contributed by atoms with E-state index in [0.717, 1.165) is 0 Å². The average Bonchev–Trinajstić information content (AvgIpc) is 2.22. The van der Waals surface area contributed by atoms with Crippen LogP contribution in [0.2, 0.25) is 5.02 Å². The SMILES string of the molecule is CNCCNS(=O)(=O)c1cccc(Cl)c1F.Cl. The highest BCUT2D eigenvalue weighted by atomic mass is 35.5. The van der Waals surface area contributed by atoms with Crippen LogP contribution in [-0.4, -0.2) is 28.6 Å². The van der Waals surface area contributed by atoms with Gasteiger partial charge in [0.1, 0.15) is 4.90 Å². The van der Waals surface area contributed by atoms with Gasteiger partial charge < -0.3 is 5.32 Å². The first-order valence-electron chi connectivity index (χ1n) is 4.57. The Balaban J connectivity index is 0.00000256. The second-order valence-electron chi connectivity index (χ2n) is 3.05. The molecule has 0 aliphatic rings. The topological polar surface area (TPSA) is 58.2 Å². The van der Waals surface area contributed by atoms with Crippen LogP contribution in [0.4, 0.5) is 4.39 Å². The minimum absolute atomic E-state index is 0. The van der Waals surface area contributed by atoms with Gasteiger partial charge in [-0.25, -0.2) is 17.5 Å². The Kier molecular flexibility index (Phi) is 6.96. The summed E-state index contributed by atoms with van der Waals surface area (Å²) in [6.45, 7) is 0.645. The zero-order valence-corrected chi connectivity index (χ0v) is 11.4. The number of halogens is 3. The van der Waals surface area contributed by atoms with Crippen LogP contribution < -0.4 is 10.0 Å². The first kappa shape index (κ1) is 16.6. The van der Waals surface area contributed by atoms with E-state index >= 15 is 0 Å². The van der Waals surface area contributed by atoms with Crippen LogP contribution in [0.15, 0.2) is 23.1 Å². The zero-order valence-electron chi connectivity index (χ0n) is 9.04. The first-order chi connectivity index (χ1) is 7.49. The lowest BCUT2D eigenvalue weighted by Gasteiger charge is -2.07. The van der Waals surface area contributed by atoms with E-state index in [1.54, 1.807) is 7.05 Å². The van der Waals surface area contributed by atoms with Crippen molar-refractivity contribution in [1.29, 1.82) is 0 Å². The third-order valence-electron chi connectivity index (χ3n) is 1.87. The largest absolute Gasteiger partial charge is 0.318 e. The minimum Gasteiger partial charge on any atom is -0.318 e. The van der Waals surface area contributed by atoms with E-state index < -0.39 is 20.7 Å². The molecule has 0 unspecified atom stereocenters. The van der Waals surface area contributed by atoms with Crippen LogP contribution in [0.5, 0.6) is 0 Å². The number of sulfonamides is 1. The van der Waals surface area contributed by atoms with E-state index in [4.69, 9.17) is 11.6 Å². The monoisotopic (exact) mass is 302 g/mol. The molecule has 0 heterocycles. The number of benzene rings is 1. The fraction of sp³-hybridized carbons (Fsp3) is 0.333. The molecule has 17 heavy (non-hydrogen) atoms. The normalized spacial score (nSPS) is 11.0. The van der Waals surface area contributed by atoms with Crippen LogP contribution in [-0.2, 0) is 10.0 Å². The summed E-state index contributed by atoms with van der Waals surface area (Å²) in [6, 6.07) is 3.85. The standard InChI is InChI=1S/C9H12ClFN2O2S.ClH/c1-12-5-6-13-16(14,15)8-4-2-3-7(10)9(8)11;/h2-4,12-13H,5-6H2,1H3;1H. The van der Waals surface area contributed by atoms with Gasteiger partial charge in [-0.15, -0.1) is 12.4 Å². The van der Waals surface area contributed by atoms with E-state index in [2.05, 4.69) is 10.0 Å². The highest BCUT2D eigenvalue weighted by Crippen LogP contribution is 2.21. The summed E-state index contributed by atoms with van der Waals surface area (Å²) in [6.07, 6.45) is 0. The number of hydrogen-bond donors (Lipinski definition) is 2. The van der Waals surface area contributed by atoms with E-state index in [-0.39, 0.29) is 24.0 Å². The van der Waals surface area contributed by atoms with Gasteiger partial charge in [-0.3, -0.25) is 0 Å². The summed E-state index contributed by atoms with van der Waals surface area (Å²) >= 11 is 5.50. The quantitative estimate of drug-likeness (QED) is 0.808. The lowest BCUT2D eigenvalue weighted by Crippen LogP contribution is -2.31. The molecule has 0 aliphatic heterocycles. The van der Waals surface area contributed by atoms with Gasteiger partial charge in [0.2, 0.25) is 10.0 Å². The molecule has 1 aromatic carbocycles. The maximum atomic E-state index is 13.4. The van der Waals surface area contributed by atoms with Gasteiger partial charge in [-0.2, -0.15) is 0 Å². The molecule has 2 N–H and O–H groups in total. The van der Waals surface area contributed by atoms with Gasteiger partial charge in [0.15, 0.2) is 5.82 Å². The van der Waals surface area contributed by atoms with E-state index in [0.29, 0.717) is 6.54 Å². The van der Waals surface area contributed by atoms with Crippen molar-refractivity contribution >= 4 is 34.0 Å². The Morgan fingerprint density at radius 2 is 2.00 bits per heavy atom. The van der Waals surface area contributed by atoms with Crippen LogP contribution in [0.25, 0.3) is 0 Å². The summed E-state index contributed by atoms with van der Waals surface area (Å²) in [7, 11) is -2.15. The van der Waals surface area contributed by atoms with Gasteiger partial charge in [0.05, 0.1) is 5.02 Å². The number of likely N-dealkylation sites (N-methyl/N-ethyl adjacent to an activating group) is 1. The molecule has 0 saturated carbocycles. The Morgan fingerprint density at radius 1 is 1.35 bits per heavy atom. The van der Waals surface area contributed by atoms with Crippen molar-refractivity contribution in [3.63, 3.8) is 0 Å². The van der Waals surface area contributed by atoms with Crippen molar-refractivity contribution in [3.8, 4) is 0 Å². The van der Waals surface area contributed by atoms with Crippen LogP contribution in [0.3, 0.4) is 0 Å². The molecule has 0 amide bonds. The van der Waals surface area contributed by atoms with Crippen molar-refractivity contribution in [2.45, 2.75) is 4.90 Å².